The van der Waals surface area contributed by atoms with Crippen molar-refractivity contribution in [2.75, 3.05) is 33.0 Å². The summed E-state index contributed by atoms with van der Waals surface area (Å²) in [5.74, 6) is 0. The molecule has 0 aromatic heterocycles. The Morgan fingerprint density at radius 1 is 1.36 bits per heavy atom. The van der Waals surface area contributed by atoms with Crippen LogP contribution in [-0.4, -0.2) is 49.6 Å². The van der Waals surface area contributed by atoms with Crippen molar-refractivity contribution >= 4 is 0 Å². The van der Waals surface area contributed by atoms with E-state index in [1.54, 1.807) is 4.91 Å². The highest BCUT2D eigenvalue weighted by Crippen LogP contribution is 1.85. The molecule has 0 heterocycles. The number of ether oxygens (including phenoxy) is 2. The first-order valence-electron chi connectivity index (χ1n) is 3.78. The average molecular weight is 211 g/mol. The Labute approximate surface area is 80.5 Å². The van der Waals surface area contributed by atoms with Crippen molar-refractivity contribution in [2.24, 2.45) is 0 Å². The molecule has 0 bridgehead atoms. The molecule has 0 aromatic rings. The minimum Gasteiger partial charge on any atom is -0.394 e. The molecule has 1 atom stereocenters. The van der Waals surface area contributed by atoms with Crippen molar-refractivity contribution in [3.8, 4) is 0 Å². The molecule has 14 heavy (non-hydrogen) atoms. The summed E-state index contributed by atoms with van der Waals surface area (Å²) < 4.78 is 21.0. The zero-order valence-corrected chi connectivity index (χ0v) is 7.60. The first-order chi connectivity index (χ1) is 6.68. The predicted molar refractivity (Wildman–Crippen MR) is 45.3 cm³/mol. The standard InChI is InChI=1S/C6H13FO4.HN3/c7-6(9)5-11-4-3-10-2-1-8;1-3-2/h6,8-9H,1-5H2;1H. The van der Waals surface area contributed by atoms with Crippen LogP contribution in [0.15, 0.2) is 0 Å². The van der Waals surface area contributed by atoms with Gasteiger partial charge in [0.2, 0.25) is 6.36 Å². The van der Waals surface area contributed by atoms with Gasteiger partial charge < -0.3 is 19.7 Å². The van der Waals surface area contributed by atoms with Gasteiger partial charge in [-0.25, -0.2) is 4.39 Å². The summed E-state index contributed by atoms with van der Waals surface area (Å²) in [5, 5.41) is 16.3. The molecule has 0 aliphatic carbocycles. The summed E-state index contributed by atoms with van der Waals surface area (Å²) in [7, 11) is 0. The van der Waals surface area contributed by atoms with Crippen LogP contribution in [0.5, 0.6) is 0 Å². The number of aliphatic hydroxyl groups excluding tert-OH is 2. The number of aliphatic hydroxyl groups is 2. The Balaban J connectivity index is 0. The van der Waals surface area contributed by atoms with Gasteiger partial charge in [0.05, 0.1) is 26.4 Å². The maximum absolute atomic E-state index is 11.6. The molecule has 3 N–H and O–H groups in total. The quantitative estimate of drug-likeness (QED) is 0.241. The van der Waals surface area contributed by atoms with Gasteiger partial charge in [-0.15, -0.1) is 5.53 Å². The molecule has 84 valence electrons. The van der Waals surface area contributed by atoms with Crippen molar-refractivity contribution in [3.63, 3.8) is 0 Å². The van der Waals surface area contributed by atoms with Crippen molar-refractivity contribution in [2.45, 2.75) is 6.36 Å². The Morgan fingerprint density at radius 2 is 1.86 bits per heavy atom. The molecule has 0 fully saturated rings. The predicted octanol–water partition coefficient (Wildman–Crippen LogP) is 0.175. The number of hydrogen-bond acceptors (Lipinski definition) is 5. The van der Waals surface area contributed by atoms with E-state index >= 15 is 0 Å². The molecule has 7 nitrogen and oxygen atoms in total. The van der Waals surface area contributed by atoms with E-state index in [-0.39, 0.29) is 26.4 Å². The first kappa shape index (κ1) is 15.5. The number of hydrogen-bond donors (Lipinski definition) is 3. The zero-order chi connectivity index (χ0) is 11.2. The highest BCUT2D eigenvalue weighted by Gasteiger charge is 1.97. The van der Waals surface area contributed by atoms with Gasteiger partial charge in [0.25, 0.3) is 0 Å². The van der Waals surface area contributed by atoms with Crippen LogP contribution in [0, 0.1) is 5.53 Å². The zero-order valence-electron chi connectivity index (χ0n) is 7.60. The number of nitrogens with zero attached hydrogens (tertiary/aromatic N) is 2. The molecule has 0 aromatic carbocycles. The Hall–Kier alpha value is -0.920. The minimum absolute atomic E-state index is 0.0360. The van der Waals surface area contributed by atoms with Crippen LogP contribution >= 0.6 is 0 Å². The highest BCUT2D eigenvalue weighted by molar-refractivity contribution is 4.34. The van der Waals surface area contributed by atoms with Crippen molar-refractivity contribution < 1.29 is 24.1 Å². The lowest BCUT2D eigenvalue weighted by Crippen LogP contribution is -2.13. The summed E-state index contributed by atoms with van der Waals surface area (Å²) in [6, 6.07) is 0. The second-order valence-corrected chi connectivity index (χ2v) is 1.95. The van der Waals surface area contributed by atoms with Crippen LogP contribution in [0.3, 0.4) is 0 Å². The lowest BCUT2D eigenvalue weighted by Gasteiger charge is -2.04. The van der Waals surface area contributed by atoms with Crippen LogP contribution in [0.2, 0.25) is 0 Å². The fourth-order valence-corrected chi connectivity index (χ4v) is 0.465. The number of rotatable bonds is 7. The lowest BCUT2D eigenvalue weighted by molar-refractivity contribution is -0.0525. The summed E-state index contributed by atoms with van der Waals surface area (Å²) in [6.45, 7) is 0.407. The topological polar surface area (TPSA) is 119 Å². The van der Waals surface area contributed by atoms with Crippen molar-refractivity contribution in [3.05, 3.63) is 10.4 Å². The van der Waals surface area contributed by atoms with E-state index in [1.165, 1.54) is 0 Å². The molecule has 0 saturated heterocycles. The van der Waals surface area contributed by atoms with Crippen LogP contribution in [0.1, 0.15) is 0 Å². The van der Waals surface area contributed by atoms with E-state index in [4.69, 9.17) is 26.0 Å². The van der Waals surface area contributed by atoms with Crippen LogP contribution in [-0.2, 0) is 9.47 Å². The van der Waals surface area contributed by atoms with Gasteiger partial charge in [-0.2, -0.15) is 0 Å². The molecule has 0 saturated carbocycles. The minimum atomic E-state index is -1.92. The Bertz CT molecular complexity index is 141. The second-order valence-electron chi connectivity index (χ2n) is 1.95. The molecule has 0 rings (SSSR count). The largest absolute Gasteiger partial charge is 0.394 e. The Kier molecular flexibility index (Phi) is 16.2. The van der Waals surface area contributed by atoms with Crippen molar-refractivity contribution in [1.82, 2.24) is 0 Å². The fraction of sp³-hybridized carbons (Fsp3) is 1.00. The van der Waals surface area contributed by atoms with Crippen molar-refractivity contribution in [1.29, 1.82) is 5.53 Å². The third-order valence-electron chi connectivity index (χ3n) is 0.863. The average Bonchev–Trinajstić information content (AvgIpc) is 2.12. The van der Waals surface area contributed by atoms with E-state index in [2.05, 4.69) is 4.74 Å². The SMILES string of the molecule is OCCOCCOCC(O)F.[N-]=[N+]=N. The first-order valence-corrected chi connectivity index (χ1v) is 3.78. The molecular weight excluding hydrogens is 197 g/mol. The summed E-state index contributed by atoms with van der Waals surface area (Å²) in [4.78, 5) is 1.75. The third kappa shape index (κ3) is 22.5. The van der Waals surface area contributed by atoms with Gasteiger partial charge in [-0.05, 0) is 10.4 Å². The maximum Gasteiger partial charge on any atom is 0.220 e. The number of alkyl halides is 1. The summed E-state index contributed by atoms with van der Waals surface area (Å²) in [6.07, 6.45) is -1.92. The van der Waals surface area contributed by atoms with E-state index in [1.807, 2.05) is 0 Å². The molecule has 8 heteroatoms. The van der Waals surface area contributed by atoms with Gasteiger partial charge in [0.15, 0.2) is 0 Å². The Morgan fingerprint density at radius 3 is 2.29 bits per heavy atom. The van der Waals surface area contributed by atoms with Gasteiger partial charge in [-0.3, -0.25) is 0 Å². The summed E-state index contributed by atoms with van der Waals surface area (Å²) >= 11 is 0. The normalized spacial score (nSPS) is 11.1. The van der Waals surface area contributed by atoms with Gasteiger partial charge in [-0.1, -0.05) is 0 Å². The highest BCUT2D eigenvalue weighted by atomic mass is 19.1. The maximum atomic E-state index is 11.6. The molecule has 0 spiro atoms. The molecule has 1 unspecified atom stereocenters. The smallest absolute Gasteiger partial charge is 0.220 e. The third-order valence-corrected chi connectivity index (χ3v) is 0.863. The summed E-state index contributed by atoms with van der Waals surface area (Å²) in [5.41, 5.74) is 12.2. The van der Waals surface area contributed by atoms with Crippen LogP contribution in [0.4, 0.5) is 4.39 Å². The monoisotopic (exact) mass is 211 g/mol. The van der Waals surface area contributed by atoms with Crippen LogP contribution in [0.25, 0.3) is 10.4 Å². The van der Waals surface area contributed by atoms with E-state index in [9.17, 15) is 4.39 Å². The molecule has 0 aliphatic rings. The van der Waals surface area contributed by atoms with Crippen LogP contribution < -0.4 is 0 Å². The number of nitrogens with one attached hydrogen (secondary N) is 1. The van der Waals surface area contributed by atoms with E-state index in [0.29, 0.717) is 6.61 Å². The molecule has 0 amide bonds. The van der Waals surface area contributed by atoms with E-state index < -0.39 is 6.36 Å². The lowest BCUT2D eigenvalue weighted by atomic mass is 10.7. The van der Waals surface area contributed by atoms with E-state index in [0.717, 1.165) is 0 Å². The van der Waals surface area contributed by atoms with Gasteiger partial charge in [0.1, 0.15) is 6.61 Å². The number of halogens is 1. The molecule has 0 aliphatic heterocycles. The second kappa shape index (κ2) is 14.6. The fourth-order valence-electron chi connectivity index (χ4n) is 0.465. The van der Waals surface area contributed by atoms with Gasteiger partial charge >= 0.3 is 0 Å². The van der Waals surface area contributed by atoms with Gasteiger partial charge in [0, 0.05) is 0 Å². The molecular formula is C6H14FN3O4. The molecule has 0 radical (unpaired) electrons.